The highest BCUT2D eigenvalue weighted by Crippen LogP contribution is 2.26. The van der Waals surface area contributed by atoms with Crippen molar-refractivity contribution in [3.63, 3.8) is 0 Å². The van der Waals surface area contributed by atoms with E-state index in [2.05, 4.69) is 15.1 Å². The molecule has 1 aliphatic carbocycles. The molecule has 1 aromatic carbocycles. The molecule has 0 unspecified atom stereocenters. The number of sulfonamides is 1. The largest absolute Gasteiger partial charge is 0.424 e. The zero-order valence-electron chi connectivity index (χ0n) is 15.0. The maximum atomic E-state index is 13.0. The normalized spacial score (nSPS) is 19.4. The van der Waals surface area contributed by atoms with Gasteiger partial charge in [-0.2, -0.15) is 4.31 Å². The molecule has 0 spiro atoms. The second-order valence-corrected chi connectivity index (χ2v) is 8.97. The molecule has 4 rings (SSSR count). The summed E-state index contributed by atoms with van der Waals surface area (Å²) in [6.45, 7) is 4.60. The van der Waals surface area contributed by atoms with Gasteiger partial charge in [-0.05, 0) is 48.9 Å². The summed E-state index contributed by atoms with van der Waals surface area (Å²) >= 11 is 0. The van der Waals surface area contributed by atoms with Gasteiger partial charge in [-0.15, -0.1) is 10.2 Å². The molecule has 2 aromatic rings. The zero-order chi connectivity index (χ0) is 18.1. The zero-order valence-corrected chi connectivity index (χ0v) is 15.8. The minimum absolute atomic E-state index is 0.430. The van der Waals surface area contributed by atoms with Gasteiger partial charge < -0.3 is 4.42 Å². The minimum atomic E-state index is -3.43. The van der Waals surface area contributed by atoms with Crippen molar-refractivity contribution in [2.24, 2.45) is 0 Å². The molecule has 2 aliphatic rings. The first-order valence-electron chi connectivity index (χ1n) is 9.16. The maximum absolute atomic E-state index is 13.0. The topological polar surface area (TPSA) is 79.5 Å². The first-order valence-corrected chi connectivity index (χ1v) is 10.6. The SMILES string of the molecule is Cc1nnc(CN2CCN(S(=O)(=O)c3ccc4c(c3)CCCC4)CC2)o1. The molecule has 1 aromatic heterocycles. The Morgan fingerprint density at radius 1 is 1.04 bits per heavy atom. The predicted octanol–water partition coefficient (Wildman–Crippen LogP) is 1.76. The Hall–Kier alpha value is -1.77. The smallest absolute Gasteiger partial charge is 0.243 e. The Balaban J connectivity index is 1.43. The highest BCUT2D eigenvalue weighted by atomic mass is 32.2. The van der Waals surface area contributed by atoms with Gasteiger partial charge in [-0.3, -0.25) is 4.90 Å². The fourth-order valence-corrected chi connectivity index (χ4v) is 5.21. The Morgan fingerprint density at radius 3 is 2.46 bits per heavy atom. The highest BCUT2D eigenvalue weighted by molar-refractivity contribution is 7.89. The Kier molecular flexibility index (Phi) is 4.81. The maximum Gasteiger partial charge on any atom is 0.243 e. The monoisotopic (exact) mass is 376 g/mol. The molecule has 0 N–H and O–H groups in total. The van der Waals surface area contributed by atoms with Crippen LogP contribution in [0.3, 0.4) is 0 Å². The van der Waals surface area contributed by atoms with Crippen LogP contribution in [0.2, 0.25) is 0 Å². The number of fused-ring (bicyclic) bond motifs is 1. The van der Waals surface area contributed by atoms with E-state index in [0.29, 0.717) is 49.4 Å². The van der Waals surface area contributed by atoms with E-state index in [1.165, 1.54) is 17.5 Å². The third kappa shape index (κ3) is 3.54. The van der Waals surface area contributed by atoms with Crippen molar-refractivity contribution < 1.29 is 12.8 Å². The van der Waals surface area contributed by atoms with Crippen LogP contribution in [0.4, 0.5) is 0 Å². The van der Waals surface area contributed by atoms with Crippen molar-refractivity contribution in [1.29, 1.82) is 0 Å². The van der Waals surface area contributed by atoms with Crippen molar-refractivity contribution in [3.05, 3.63) is 41.1 Å². The van der Waals surface area contributed by atoms with Crippen LogP contribution in [-0.2, 0) is 29.4 Å². The lowest BCUT2D eigenvalue weighted by molar-refractivity contribution is 0.167. The molecule has 0 amide bonds. The molecular weight excluding hydrogens is 352 g/mol. The van der Waals surface area contributed by atoms with E-state index in [4.69, 9.17) is 4.42 Å². The number of rotatable bonds is 4. The molecule has 26 heavy (non-hydrogen) atoms. The molecule has 7 nitrogen and oxygen atoms in total. The summed E-state index contributed by atoms with van der Waals surface area (Å²) < 4.78 is 33.0. The molecule has 1 fully saturated rings. The molecular formula is C18H24N4O3S. The Labute approximate surface area is 154 Å². The summed E-state index contributed by atoms with van der Waals surface area (Å²) in [7, 11) is -3.43. The molecule has 1 aliphatic heterocycles. The number of hydrogen-bond acceptors (Lipinski definition) is 6. The van der Waals surface area contributed by atoms with Gasteiger partial charge in [-0.25, -0.2) is 8.42 Å². The number of nitrogens with zero attached hydrogens (tertiary/aromatic N) is 4. The Morgan fingerprint density at radius 2 is 1.77 bits per heavy atom. The van der Waals surface area contributed by atoms with E-state index in [1.54, 1.807) is 17.3 Å². The van der Waals surface area contributed by atoms with E-state index >= 15 is 0 Å². The molecule has 0 saturated carbocycles. The van der Waals surface area contributed by atoms with Gasteiger partial charge in [0.05, 0.1) is 11.4 Å². The summed E-state index contributed by atoms with van der Waals surface area (Å²) in [6, 6.07) is 5.65. The first-order chi connectivity index (χ1) is 12.5. The van der Waals surface area contributed by atoms with Gasteiger partial charge in [0, 0.05) is 33.1 Å². The summed E-state index contributed by atoms with van der Waals surface area (Å²) in [4.78, 5) is 2.57. The van der Waals surface area contributed by atoms with Gasteiger partial charge in [0.15, 0.2) is 0 Å². The Bertz CT molecular complexity index is 886. The summed E-state index contributed by atoms with van der Waals surface area (Å²) in [6.07, 6.45) is 4.38. The fraction of sp³-hybridized carbons (Fsp3) is 0.556. The van der Waals surface area contributed by atoms with Gasteiger partial charge >= 0.3 is 0 Å². The number of aromatic nitrogens is 2. The summed E-state index contributed by atoms with van der Waals surface area (Å²) in [5, 5.41) is 7.84. The lowest BCUT2D eigenvalue weighted by atomic mass is 9.92. The van der Waals surface area contributed by atoms with E-state index in [1.807, 2.05) is 12.1 Å². The van der Waals surface area contributed by atoms with Crippen molar-refractivity contribution in [1.82, 2.24) is 19.4 Å². The van der Waals surface area contributed by atoms with Crippen molar-refractivity contribution >= 4 is 10.0 Å². The van der Waals surface area contributed by atoms with E-state index in [-0.39, 0.29) is 0 Å². The lowest BCUT2D eigenvalue weighted by Crippen LogP contribution is -2.48. The average Bonchev–Trinajstić information content (AvgIpc) is 3.06. The van der Waals surface area contributed by atoms with Crippen LogP contribution in [0, 0.1) is 6.92 Å². The second-order valence-electron chi connectivity index (χ2n) is 7.03. The molecule has 8 heteroatoms. The third-order valence-electron chi connectivity index (χ3n) is 5.22. The molecule has 1 saturated heterocycles. The van der Waals surface area contributed by atoms with Crippen LogP contribution in [0.25, 0.3) is 0 Å². The second kappa shape index (κ2) is 7.09. The van der Waals surface area contributed by atoms with Gasteiger partial charge in [0.2, 0.25) is 21.8 Å². The lowest BCUT2D eigenvalue weighted by Gasteiger charge is -2.33. The van der Waals surface area contributed by atoms with E-state index in [0.717, 1.165) is 19.3 Å². The van der Waals surface area contributed by atoms with Crippen molar-refractivity contribution in [2.45, 2.75) is 44.0 Å². The first kappa shape index (κ1) is 17.6. The molecule has 0 radical (unpaired) electrons. The standard InChI is InChI=1S/C18H24N4O3S/c1-14-19-20-18(25-14)13-21-8-10-22(11-9-21)26(23,24)17-7-6-15-4-2-3-5-16(15)12-17/h6-7,12H,2-5,8-11,13H2,1H3. The van der Waals surface area contributed by atoms with Crippen LogP contribution in [0.1, 0.15) is 35.7 Å². The summed E-state index contributed by atoms with van der Waals surface area (Å²) in [5.74, 6) is 1.13. The van der Waals surface area contributed by atoms with Gasteiger partial charge in [0.1, 0.15) is 0 Å². The van der Waals surface area contributed by atoms with Crippen molar-refractivity contribution in [2.75, 3.05) is 26.2 Å². The number of benzene rings is 1. The number of piperazine rings is 1. The molecule has 2 heterocycles. The summed E-state index contributed by atoms with van der Waals surface area (Å²) in [5.41, 5.74) is 2.50. The van der Waals surface area contributed by atoms with Crippen LogP contribution >= 0.6 is 0 Å². The number of aryl methyl sites for hydroxylation is 3. The van der Waals surface area contributed by atoms with Gasteiger partial charge in [0.25, 0.3) is 0 Å². The molecule has 140 valence electrons. The molecule has 0 bridgehead atoms. The van der Waals surface area contributed by atoms with E-state index in [9.17, 15) is 8.42 Å². The predicted molar refractivity (Wildman–Crippen MR) is 96.2 cm³/mol. The van der Waals surface area contributed by atoms with Crippen LogP contribution in [-0.4, -0.2) is 54.0 Å². The fourth-order valence-electron chi connectivity index (χ4n) is 3.74. The van der Waals surface area contributed by atoms with Gasteiger partial charge in [-0.1, -0.05) is 6.07 Å². The third-order valence-corrected chi connectivity index (χ3v) is 7.11. The minimum Gasteiger partial charge on any atom is -0.424 e. The average molecular weight is 376 g/mol. The highest BCUT2D eigenvalue weighted by Gasteiger charge is 2.29. The van der Waals surface area contributed by atoms with Crippen LogP contribution < -0.4 is 0 Å². The van der Waals surface area contributed by atoms with Crippen LogP contribution in [0.5, 0.6) is 0 Å². The molecule has 0 atom stereocenters. The number of hydrogen-bond donors (Lipinski definition) is 0. The quantitative estimate of drug-likeness (QED) is 0.809. The van der Waals surface area contributed by atoms with Crippen molar-refractivity contribution in [3.8, 4) is 0 Å². The van der Waals surface area contributed by atoms with Crippen LogP contribution in [0.15, 0.2) is 27.5 Å². The van der Waals surface area contributed by atoms with E-state index < -0.39 is 10.0 Å².